The van der Waals surface area contributed by atoms with Crippen molar-refractivity contribution in [1.82, 2.24) is 9.38 Å². The van der Waals surface area contributed by atoms with E-state index in [0.717, 1.165) is 29.1 Å². The van der Waals surface area contributed by atoms with Crippen molar-refractivity contribution in [3.05, 3.63) is 53.2 Å². The molecule has 0 amide bonds. The van der Waals surface area contributed by atoms with Crippen LogP contribution in [0.3, 0.4) is 0 Å². The van der Waals surface area contributed by atoms with Crippen LogP contribution in [-0.2, 0) is 0 Å². The summed E-state index contributed by atoms with van der Waals surface area (Å²) in [4.78, 5) is 4.88. The molecule has 0 radical (unpaired) electrons. The molecular formula is C22H28ClN3. The molecule has 2 aromatic heterocycles. The van der Waals surface area contributed by atoms with E-state index in [0.29, 0.717) is 5.02 Å². The van der Waals surface area contributed by atoms with Crippen molar-refractivity contribution in [2.24, 2.45) is 5.41 Å². The summed E-state index contributed by atoms with van der Waals surface area (Å²) in [7, 11) is 0. The van der Waals surface area contributed by atoms with Crippen LogP contribution in [0.5, 0.6) is 0 Å². The number of imidazole rings is 1. The van der Waals surface area contributed by atoms with E-state index in [1.807, 2.05) is 24.3 Å². The topological polar surface area (TPSA) is 29.3 Å². The zero-order valence-electron chi connectivity index (χ0n) is 16.5. The molecule has 0 saturated carbocycles. The fourth-order valence-corrected chi connectivity index (χ4v) is 4.03. The second-order valence-corrected chi connectivity index (χ2v) is 9.38. The number of rotatable bonds is 4. The molecular weight excluding hydrogens is 342 g/mol. The first-order valence-corrected chi connectivity index (χ1v) is 9.45. The predicted molar refractivity (Wildman–Crippen MR) is 112 cm³/mol. The number of anilines is 1. The monoisotopic (exact) mass is 369 g/mol. The van der Waals surface area contributed by atoms with Crippen molar-refractivity contribution in [3.8, 4) is 11.3 Å². The summed E-state index contributed by atoms with van der Waals surface area (Å²) >= 11 is 6.49. The van der Waals surface area contributed by atoms with E-state index in [-0.39, 0.29) is 11.0 Å². The molecule has 0 bridgehead atoms. The molecule has 26 heavy (non-hydrogen) atoms. The van der Waals surface area contributed by atoms with Crippen molar-refractivity contribution in [1.29, 1.82) is 0 Å². The maximum Gasteiger partial charge on any atom is 0.139 e. The van der Waals surface area contributed by atoms with E-state index in [2.05, 4.69) is 69.6 Å². The number of benzene rings is 1. The summed E-state index contributed by atoms with van der Waals surface area (Å²) < 4.78 is 2.14. The molecule has 0 aliphatic rings. The van der Waals surface area contributed by atoms with Crippen LogP contribution in [0.4, 0.5) is 5.82 Å². The zero-order chi connectivity index (χ0) is 19.1. The molecule has 3 aromatic rings. The van der Waals surface area contributed by atoms with Gasteiger partial charge in [-0.15, -0.1) is 0 Å². The molecule has 0 fully saturated rings. The van der Waals surface area contributed by atoms with E-state index in [4.69, 9.17) is 16.6 Å². The van der Waals surface area contributed by atoms with Gasteiger partial charge in [0.05, 0.1) is 5.02 Å². The second-order valence-electron chi connectivity index (χ2n) is 8.97. The normalized spacial score (nSPS) is 12.6. The Labute approximate surface area is 161 Å². The van der Waals surface area contributed by atoms with Crippen molar-refractivity contribution >= 4 is 23.1 Å². The molecule has 1 aromatic carbocycles. The lowest BCUT2D eigenvalue weighted by atomic mass is 9.82. The average Bonchev–Trinajstić information content (AvgIpc) is 2.82. The van der Waals surface area contributed by atoms with Gasteiger partial charge in [-0.1, -0.05) is 56.6 Å². The van der Waals surface area contributed by atoms with Gasteiger partial charge in [-0.25, -0.2) is 4.98 Å². The van der Waals surface area contributed by atoms with Crippen LogP contribution in [0.2, 0.25) is 5.02 Å². The lowest BCUT2D eigenvalue weighted by Gasteiger charge is -2.34. The predicted octanol–water partition coefficient (Wildman–Crippen LogP) is 6.59. The molecule has 4 heteroatoms. The fraction of sp³-hybridized carbons (Fsp3) is 0.409. The number of aromatic nitrogens is 2. The van der Waals surface area contributed by atoms with Gasteiger partial charge in [-0.3, -0.25) is 4.40 Å². The van der Waals surface area contributed by atoms with Crippen molar-refractivity contribution in [2.75, 3.05) is 5.32 Å². The van der Waals surface area contributed by atoms with E-state index in [1.54, 1.807) is 0 Å². The minimum Gasteiger partial charge on any atom is -0.364 e. The van der Waals surface area contributed by atoms with E-state index < -0.39 is 0 Å². The smallest absolute Gasteiger partial charge is 0.139 e. The first-order valence-electron chi connectivity index (χ1n) is 9.08. The standard InChI is InChI=1S/C22H28ClN3/c1-15-11-12-18-24-19(16-9-7-8-10-17(16)23)20(26(18)13-15)25-22(5,6)14-21(2,3)4/h7-13,25H,14H2,1-6H3. The zero-order valence-corrected chi connectivity index (χ0v) is 17.3. The maximum absolute atomic E-state index is 6.49. The molecule has 0 aliphatic carbocycles. The summed E-state index contributed by atoms with van der Waals surface area (Å²) in [6, 6.07) is 12.0. The molecule has 0 aliphatic heterocycles. The van der Waals surface area contributed by atoms with Gasteiger partial charge in [-0.2, -0.15) is 0 Å². The van der Waals surface area contributed by atoms with Gasteiger partial charge in [0, 0.05) is 17.3 Å². The Morgan fingerprint density at radius 1 is 1.04 bits per heavy atom. The SMILES string of the molecule is Cc1ccc2nc(-c3ccccc3Cl)c(NC(C)(C)CC(C)(C)C)n2c1. The molecule has 0 spiro atoms. The summed E-state index contributed by atoms with van der Waals surface area (Å²) in [6.07, 6.45) is 3.15. The minimum absolute atomic E-state index is 0.0893. The van der Waals surface area contributed by atoms with Crippen molar-refractivity contribution in [2.45, 2.75) is 53.5 Å². The van der Waals surface area contributed by atoms with E-state index in [9.17, 15) is 0 Å². The van der Waals surface area contributed by atoms with Crippen molar-refractivity contribution in [3.63, 3.8) is 0 Å². The average molecular weight is 370 g/mol. The number of nitrogens with one attached hydrogen (secondary N) is 1. The van der Waals surface area contributed by atoms with Crippen LogP contribution < -0.4 is 5.32 Å². The Hall–Kier alpha value is -2.00. The van der Waals surface area contributed by atoms with Gasteiger partial charge in [0.2, 0.25) is 0 Å². The molecule has 0 saturated heterocycles. The van der Waals surface area contributed by atoms with Crippen molar-refractivity contribution < 1.29 is 0 Å². The van der Waals surface area contributed by atoms with Gasteiger partial charge < -0.3 is 5.32 Å². The number of hydrogen-bond donors (Lipinski definition) is 1. The number of pyridine rings is 1. The molecule has 138 valence electrons. The number of aryl methyl sites for hydroxylation is 1. The van der Waals surface area contributed by atoms with E-state index >= 15 is 0 Å². The molecule has 2 heterocycles. The van der Waals surface area contributed by atoms with Crippen LogP contribution in [0.25, 0.3) is 16.9 Å². The van der Waals surface area contributed by atoms with Crippen LogP contribution in [0.15, 0.2) is 42.6 Å². The van der Waals surface area contributed by atoms with Gasteiger partial charge >= 0.3 is 0 Å². The van der Waals surface area contributed by atoms with Gasteiger partial charge in [-0.05, 0) is 50.3 Å². The van der Waals surface area contributed by atoms with Gasteiger partial charge in [0.25, 0.3) is 0 Å². The Balaban J connectivity index is 2.17. The highest BCUT2D eigenvalue weighted by Gasteiger charge is 2.28. The van der Waals surface area contributed by atoms with E-state index in [1.165, 1.54) is 5.56 Å². The highest BCUT2D eigenvalue weighted by molar-refractivity contribution is 6.33. The van der Waals surface area contributed by atoms with Gasteiger partial charge in [0.1, 0.15) is 17.2 Å². The molecule has 0 unspecified atom stereocenters. The third-order valence-electron chi connectivity index (χ3n) is 4.32. The summed E-state index contributed by atoms with van der Waals surface area (Å²) in [5, 5.41) is 4.47. The Bertz CT molecular complexity index is 932. The summed E-state index contributed by atoms with van der Waals surface area (Å²) in [6.45, 7) is 13.4. The van der Waals surface area contributed by atoms with Crippen LogP contribution in [-0.4, -0.2) is 14.9 Å². The van der Waals surface area contributed by atoms with Gasteiger partial charge in [0.15, 0.2) is 0 Å². The Kier molecular flexibility index (Phi) is 4.78. The summed E-state index contributed by atoms with van der Waals surface area (Å²) in [5.41, 5.74) is 4.08. The lowest BCUT2D eigenvalue weighted by molar-refractivity contribution is 0.302. The largest absolute Gasteiger partial charge is 0.364 e. The Morgan fingerprint density at radius 3 is 2.38 bits per heavy atom. The Morgan fingerprint density at radius 2 is 1.73 bits per heavy atom. The molecule has 0 atom stereocenters. The van der Waals surface area contributed by atoms with Crippen LogP contribution >= 0.6 is 11.6 Å². The summed E-state index contributed by atoms with van der Waals surface area (Å²) in [5.74, 6) is 0.992. The lowest BCUT2D eigenvalue weighted by Crippen LogP contribution is -2.36. The highest BCUT2D eigenvalue weighted by atomic mass is 35.5. The maximum atomic E-state index is 6.49. The number of nitrogens with zero attached hydrogens (tertiary/aromatic N) is 2. The quantitative estimate of drug-likeness (QED) is 0.562. The minimum atomic E-state index is -0.0893. The third kappa shape index (κ3) is 4.04. The number of fused-ring (bicyclic) bond motifs is 1. The van der Waals surface area contributed by atoms with Crippen LogP contribution in [0, 0.1) is 12.3 Å². The first kappa shape index (κ1) is 18.8. The fourth-order valence-electron chi connectivity index (χ4n) is 3.80. The highest BCUT2D eigenvalue weighted by Crippen LogP contribution is 2.37. The molecule has 1 N–H and O–H groups in total. The number of hydrogen-bond acceptors (Lipinski definition) is 2. The number of halogens is 1. The second kappa shape index (κ2) is 6.62. The third-order valence-corrected chi connectivity index (χ3v) is 4.65. The first-order chi connectivity index (χ1) is 12.1. The van der Waals surface area contributed by atoms with Crippen LogP contribution in [0.1, 0.15) is 46.6 Å². The molecule has 3 nitrogen and oxygen atoms in total. The molecule has 3 rings (SSSR count).